The summed E-state index contributed by atoms with van der Waals surface area (Å²) in [5.74, 6) is 0.155. The molecule has 1 aromatic rings. The summed E-state index contributed by atoms with van der Waals surface area (Å²) in [5, 5.41) is 19.6. The lowest BCUT2D eigenvalue weighted by molar-refractivity contribution is -0.572. The quantitative estimate of drug-likeness (QED) is 0.457. The van der Waals surface area contributed by atoms with Crippen LogP contribution in [-0.2, 0) is 6.42 Å². The minimum atomic E-state index is -1.44. The molecule has 0 bridgehead atoms. The average Bonchev–Trinajstić information content (AvgIpc) is 2.29. The number of aliphatic hydroxyl groups is 1. The number of rotatable bonds is 6. The Bertz CT molecular complexity index is 326. The highest BCUT2D eigenvalue weighted by atomic mass is 16.7. The van der Waals surface area contributed by atoms with Crippen molar-refractivity contribution in [3.63, 3.8) is 0 Å². The highest BCUT2D eigenvalue weighted by Gasteiger charge is 2.21. The fourth-order valence-corrected chi connectivity index (χ4v) is 1.73. The van der Waals surface area contributed by atoms with Crippen LogP contribution in [-0.4, -0.2) is 16.3 Å². The second kappa shape index (κ2) is 6.23. The molecule has 16 heavy (non-hydrogen) atoms. The molecule has 2 atom stereocenters. The van der Waals surface area contributed by atoms with Gasteiger partial charge in [-0.25, -0.2) is 0 Å². The highest BCUT2D eigenvalue weighted by molar-refractivity contribution is 5.15. The van der Waals surface area contributed by atoms with Gasteiger partial charge in [0.05, 0.1) is 4.92 Å². The smallest absolute Gasteiger partial charge is 0.313 e. The molecule has 0 saturated heterocycles. The molecule has 0 aliphatic carbocycles. The van der Waals surface area contributed by atoms with Crippen LogP contribution in [0.15, 0.2) is 30.3 Å². The Labute approximate surface area is 95.1 Å². The average molecular weight is 223 g/mol. The summed E-state index contributed by atoms with van der Waals surface area (Å²) < 4.78 is 0. The van der Waals surface area contributed by atoms with Crippen molar-refractivity contribution in [1.82, 2.24) is 0 Å². The molecule has 2 unspecified atom stereocenters. The van der Waals surface area contributed by atoms with Crippen molar-refractivity contribution in [1.29, 1.82) is 0 Å². The molecule has 0 aromatic heterocycles. The van der Waals surface area contributed by atoms with Gasteiger partial charge in [0.2, 0.25) is 0 Å². The van der Waals surface area contributed by atoms with Gasteiger partial charge in [-0.2, -0.15) is 0 Å². The Hall–Kier alpha value is -1.42. The molecule has 88 valence electrons. The minimum absolute atomic E-state index is 0.155. The third kappa shape index (κ3) is 3.98. The number of hydrogen-bond acceptors (Lipinski definition) is 3. The first-order valence-corrected chi connectivity index (χ1v) is 5.49. The molecular weight excluding hydrogens is 206 g/mol. The first-order valence-electron chi connectivity index (χ1n) is 5.49. The van der Waals surface area contributed by atoms with Crippen molar-refractivity contribution in [2.75, 3.05) is 0 Å². The van der Waals surface area contributed by atoms with Gasteiger partial charge in [0, 0.05) is 6.42 Å². The molecule has 4 nitrogen and oxygen atoms in total. The van der Waals surface area contributed by atoms with Crippen molar-refractivity contribution in [2.45, 2.75) is 32.4 Å². The van der Waals surface area contributed by atoms with Gasteiger partial charge in [0.1, 0.15) is 0 Å². The highest BCUT2D eigenvalue weighted by Crippen LogP contribution is 2.17. The summed E-state index contributed by atoms with van der Waals surface area (Å²) in [5.41, 5.74) is 1.16. The molecular formula is C12H17NO3. The van der Waals surface area contributed by atoms with Crippen LogP contribution in [0.3, 0.4) is 0 Å². The first kappa shape index (κ1) is 12.6. The molecule has 0 radical (unpaired) electrons. The standard InChI is InChI=1S/C12H17NO3/c1-2-10(9-12(14)13(15)16)8-11-6-4-3-5-7-11/h3-7,10,12,14H,2,8-9H2,1H3. The number of nitrogens with zero attached hydrogens (tertiary/aromatic N) is 1. The molecule has 1 rings (SSSR count). The van der Waals surface area contributed by atoms with E-state index in [-0.39, 0.29) is 12.3 Å². The van der Waals surface area contributed by atoms with E-state index in [0.717, 1.165) is 18.4 Å². The van der Waals surface area contributed by atoms with Gasteiger partial charge in [-0.15, -0.1) is 0 Å². The fraction of sp³-hybridized carbons (Fsp3) is 0.500. The van der Waals surface area contributed by atoms with E-state index in [9.17, 15) is 15.2 Å². The van der Waals surface area contributed by atoms with Crippen molar-refractivity contribution in [3.8, 4) is 0 Å². The van der Waals surface area contributed by atoms with Gasteiger partial charge in [-0.3, -0.25) is 10.1 Å². The predicted molar refractivity (Wildman–Crippen MR) is 61.5 cm³/mol. The van der Waals surface area contributed by atoms with Crippen molar-refractivity contribution in [3.05, 3.63) is 46.0 Å². The molecule has 0 heterocycles. The molecule has 0 aliphatic rings. The van der Waals surface area contributed by atoms with E-state index in [1.165, 1.54) is 0 Å². The number of benzene rings is 1. The van der Waals surface area contributed by atoms with E-state index in [4.69, 9.17) is 0 Å². The predicted octanol–water partition coefficient (Wildman–Crippen LogP) is 2.24. The molecule has 0 saturated carbocycles. The van der Waals surface area contributed by atoms with E-state index in [0.29, 0.717) is 0 Å². The summed E-state index contributed by atoms with van der Waals surface area (Å²) in [6.45, 7) is 1.99. The molecule has 0 amide bonds. The zero-order valence-corrected chi connectivity index (χ0v) is 9.37. The maximum absolute atomic E-state index is 10.4. The van der Waals surface area contributed by atoms with Crippen LogP contribution in [0.5, 0.6) is 0 Å². The van der Waals surface area contributed by atoms with Crippen molar-refractivity contribution in [2.24, 2.45) is 5.92 Å². The lowest BCUT2D eigenvalue weighted by Gasteiger charge is -2.14. The lowest BCUT2D eigenvalue weighted by Crippen LogP contribution is -2.23. The topological polar surface area (TPSA) is 63.4 Å². The van der Waals surface area contributed by atoms with Gasteiger partial charge >= 0.3 is 6.23 Å². The second-order valence-electron chi connectivity index (χ2n) is 3.97. The minimum Gasteiger partial charge on any atom is -0.333 e. The van der Waals surface area contributed by atoms with Crippen molar-refractivity contribution >= 4 is 0 Å². The van der Waals surface area contributed by atoms with Crippen LogP contribution in [0.25, 0.3) is 0 Å². The van der Waals surface area contributed by atoms with E-state index in [1.807, 2.05) is 37.3 Å². The van der Waals surface area contributed by atoms with Crippen LogP contribution >= 0.6 is 0 Å². The van der Waals surface area contributed by atoms with Gasteiger partial charge in [-0.1, -0.05) is 43.7 Å². The van der Waals surface area contributed by atoms with Crippen LogP contribution in [0.1, 0.15) is 25.3 Å². The van der Waals surface area contributed by atoms with E-state index >= 15 is 0 Å². The number of aliphatic hydroxyl groups excluding tert-OH is 1. The van der Waals surface area contributed by atoms with Crippen LogP contribution < -0.4 is 0 Å². The second-order valence-corrected chi connectivity index (χ2v) is 3.97. The maximum Gasteiger partial charge on any atom is 0.313 e. The van der Waals surface area contributed by atoms with Gasteiger partial charge in [-0.05, 0) is 17.9 Å². The Morgan fingerprint density at radius 3 is 2.50 bits per heavy atom. The summed E-state index contributed by atoms with van der Waals surface area (Å²) in [7, 11) is 0. The molecule has 0 aliphatic heterocycles. The number of hydrogen-bond donors (Lipinski definition) is 1. The van der Waals surface area contributed by atoms with Crippen LogP contribution in [0.4, 0.5) is 0 Å². The van der Waals surface area contributed by atoms with Crippen LogP contribution in [0, 0.1) is 16.0 Å². The third-order valence-electron chi connectivity index (χ3n) is 2.73. The van der Waals surface area contributed by atoms with Crippen LogP contribution in [0.2, 0.25) is 0 Å². The largest absolute Gasteiger partial charge is 0.333 e. The monoisotopic (exact) mass is 223 g/mol. The Morgan fingerprint density at radius 2 is 2.00 bits per heavy atom. The van der Waals surface area contributed by atoms with E-state index in [2.05, 4.69) is 0 Å². The van der Waals surface area contributed by atoms with E-state index < -0.39 is 11.2 Å². The fourth-order valence-electron chi connectivity index (χ4n) is 1.73. The summed E-state index contributed by atoms with van der Waals surface area (Å²) in [4.78, 5) is 9.73. The van der Waals surface area contributed by atoms with Gasteiger partial charge in [0.25, 0.3) is 0 Å². The molecule has 1 N–H and O–H groups in total. The first-order chi connectivity index (χ1) is 7.63. The maximum atomic E-state index is 10.4. The SMILES string of the molecule is CCC(Cc1ccccc1)CC(O)[N+](=O)[O-]. The summed E-state index contributed by atoms with van der Waals surface area (Å²) in [6, 6.07) is 9.84. The Balaban J connectivity index is 2.53. The Kier molecular flexibility index (Phi) is 4.92. The van der Waals surface area contributed by atoms with Gasteiger partial charge in [0.15, 0.2) is 0 Å². The lowest BCUT2D eigenvalue weighted by atomic mass is 9.93. The number of nitro groups is 1. The molecule has 4 heteroatoms. The van der Waals surface area contributed by atoms with Crippen molar-refractivity contribution < 1.29 is 10.0 Å². The molecule has 0 fully saturated rings. The summed E-state index contributed by atoms with van der Waals surface area (Å²) in [6.07, 6.45) is 0.397. The van der Waals surface area contributed by atoms with E-state index in [1.54, 1.807) is 0 Å². The van der Waals surface area contributed by atoms with Gasteiger partial charge < -0.3 is 5.11 Å². The zero-order valence-electron chi connectivity index (χ0n) is 9.37. The third-order valence-corrected chi connectivity index (χ3v) is 2.73. The Morgan fingerprint density at radius 1 is 1.38 bits per heavy atom. The molecule has 0 spiro atoms. The molecule has 1 aromatic carbocycles. The normalized spacial score (nSPS) is 14.4. The summed E-state index contributed by atoms with van der Waals surface area (Å²) >= 11 is 0. The zero-order chi connectivity index (χ0) is 12.0.